The van der Waals surface area contributed by atoms with E-state index in [9.17, 15) is 9.59 Å². The number of hydrogen-bond donors (Lipinski definition) is 2. The number of aryl methyl sites for hydroxylation is 1. The van der Waals surface area contributed by atoms with Gasteiger partial charge in [-0.05, 0) is 48.9 Å². The molecular formula is C23H19ClN2O2. The number of hydrogen-bond acceptors (Lipinski definition) is 2. The van der Waals surface area contributed by atoms with Gasteiger partial charge >= 0.3 is 0 Å². The van der Waals surface area contributed by atoms with Gasteiger partial charge in [-0.25, -0.2) is 0 Å². The molecule has 0 heterocycles. The molecule has 0 spiro atoms. The van der Waals surface area contributed by atoms with E-state index in [0.29, 0.717) is 22.0 Å². The molecule has 140 valence electrons. The van der Waals surface area contributed by atoms with Crippen molar-refractivity contribution in [2.45, 2.75) is 6.92 Å². The van der Waals surface area contributed by atoms with Crippen molar-refractivity contribution in [3.63, 3.8) is 0 Å². The Balaban J connectivity index is 1.62. The van der Waals surface area contributed by atoms with Crippen LogP contribution in [0.4, 0.5) is 11.4 Å². The quantitative estimate of drug-likeness (QED) is 0.561. The highest BCUT2D eigenvalue weighted by Gasteiger charge is 2.09. The molecule has 0 saturated heterocycles. The normalized spacial score (nSPS) is 10.6. The van der Waals surface area contributed by atoms with Crippen molar-refractivity contribution in [3.8, 4) is 0 Å². The average Bonchev–Trinajstić information content (AvgIpc) is 2.70. The van der Waals surface area contributed by atoms with Gasteiger partial charge in [0.1, 0.15) is 0 Å². The first-order chi connectivity index (χ1) is 13.5. The van der Waals surface area contributed by atoms with Crippen molar-refractivity contribution in [1.29, 1.82) is 0 Å². The Morgan fingerprint density at radius 1 is 0.893 bits per heavy atom. The Morgan fingerprint density at radius 2 is 1.61 bits per heavy atom. The fourth-order valence-electron chi connectivity index (χ4n) is 2.51. The minimum Gasteiger partial charge on any atom is -0.322 e. The maximum absolute atomic E-state index is 12.2. The van der Waals surface area contributed by atoms with Crippen LogP contribution >= 0.6 is 11.6 Å². The molecule has 4 nitrogen and oxygen atoms in total. The van der Waals surface area contributed by atoms with Gasteiger partial charge in [-0.2, -0.15) is 0 Å². The first kappa shape index (κ1) is 19.4. The van der Waals surface area contributed by atoms with Crippen molar-refractivity contribution < 1.29 is 9.59 Å². The molecule has 3 rings (SSSR count). The van der Waals surface area contributed by atoms with Crippen molar-refractivity contribution in [3.05, 3.63) is 101 Å². The van der Waals surface area contributed by atoms with Crippen LogP contribution in [0.1, 0.15) is 21.5 Å². The third-order valence-corrected chi connectivity index (χ3v) is 4.34. The number of rotatable bonds is 5. The SMILES string of the molecule is Cc1ccc(/C=C/C(=O)Nc2ccc(NC(=O)c3ccccc3)c(Cl)c2)cc1. The predicted molar refractivity (Wildman–Crippen MR) is 115 cm³/mol. The molecule has 0 aliphatic rings. The van der Waals surface area contributed by atoms with Gasteiger partial charge in [0.15, 0.2) is 0 Å². The molecule has 28 heavy (non-hydrogen) atoms. The fraction of sp³-hybridized carbons (Fsp3) is 0.0435. The van der Waals surface area contributed by atoms with Crippen LogP contribution in [0.2, 0.25) is 5.02 Å². The molecule has 0 aliphatic heterocycles. The molecule has 2 amide bonds. The zero-order chi connectivity index (χ0) is 19.9. The molecule has 3 aromatic rings. The maximum Gasteiger partial charge on any atom is 0.255 e. The molecule has 2 N–H and O–H groups in total. The van der Waals surface area contributed by atoms with E-state index in [0.717, 1.165) is 11.1 Å². The summed E-state index contributed by atoms with van der Waals surface area (Å²) in [6.07, 6.45) is 3.20. The summed E-state index contributed by atoms with van der Waals surface area (Å²) in [4.78, 5) is 24.3. The highest BCUT2D eigenvalue weighted by molar-refractivity contribution is 6.34. The third-order valence-electron chi connectivity index (χ3n) is 4.03. The molecule has 0 aliphatic carbocycles. The van der Waals surface area contributed by atoms with Crippen LogP contribution in [0, 0.1) is 6.92 Å². The minimum atomic E-state index is -0.266. The number of carbonyl (C=O) groups is 2. The first-order valence-electron chi connectivity index (χ1n) is 8.73. The lowest BCUT2D eigenvalue weighted by Crippen LogP contribution is -2.12. The van der Waals surface area contributed by atoms with Crippen molar-refractivity contribution in [2.24, 2.45) is 0 Å². The second kappa shape index (κ2) is 9.02. The van der Waals surface area contributed by atoms with Gasteiger partial charge in [0, 0.05) is 17.3 Å². The average molecular weight is 391 g/mol. The Morgan fingerprint density at radius 3 is 2.29 bits per heavy atom. The molecule has 5 heteroatoms. The number of benzene rings is 3. The lowest BCUT2D eigenvalue weighted by Gasteiger charge is -2.09. The van der Waals surface area contributed by atoms with Gasteiger partial charge in [-0.1, -0.05) is 59.6 Å². The van der Waals surface area contributed by atoms with Gasteiger partial charge in [0.25, 0.3) is 5.91 Å². The van der Waals surface area contributed by atoms with Crippen LogP contribution in [0.15, 0.2) is 78.9 Å². The topological polar surface area (TPSA) is 58.2 Å². The number of halogens is 1. The van der Waals surface area contributed by atoms with Crippen LogP contribution in [-0.2, 0) is 4.79 Å². The van der Waals surface area contributed by atoms with Crippen molar-refractivity contribution in [2.75, 3.05) is 10.6 Å². The Labute approximate surface area is 168 Å². The van der Waals surface area contributed by atoms with E-state index in [1.165, 1.54) is 6.08 Å². The van der Waals surface area contributed by atoms with Crippen LogP contribution in [-0.4, -0.2) is 11.8 Å². The highest BCUT2D eigenvalue weighted by Crippen LogP contribution is 2.26. The molecular weight excluding hydrogens is 372 g/mol. The zero-order valence-electron chi connectivity index (χ0n) is 15.3. The molecule has 0 fully saturated rings. The zero-order valence-corrected chi connectivity index (χ0v) is 16.0. The largest absolute Gasteiger partial charge is 0.322 e. The summed E-state index contributed by atoms with van der Waals surface area (Å²) in [5.41, 5.74) is 3.66. The van der Waals surface area contributed by atoms with E-state index in [-0.39, 0.29) is 11.8 Å². The fourth-order valence-corrected chi connectivity index (χ4v) is 2.74. The van der Waals surface area contributed by atoms with Crippen LogP contribution in [0.5, 0.6) is 0 Å². The summed E-state index contributed by atoms with van der Waals surface area (Å²) in [5.74, 6) is -0.516. The molecule has 0 radical (unpaired) electrons. The molecule has 0 atom stereocenters. The number of carbonyl (C=O) groups excluding carboxylic acids is 2. The van der Waals surface area contributed by atoms with E-state index in [2.05, 4.69) is 10.6 Å². The molecule has 0 unspecified atom stereocenters. The first-order valence-corrected chi connectivity index (χ1v) is 9.11. The molecule has 0 bridgehead atoms. The second-order valence-electron chi connectivity index (χ2n) is 6.25. The lowest BCUT2D eigenvalue weighted by atomic mass is 10.1. The summed E-state index contributed by atoms with van der Waals surface area (Å²) in [7, 11) is 0. The van der Waals surface area contributed by atoms with E-state index < -0.39 is 0 Å². The number of anilines is 2. The highest BCUT2D eigenvalue weighted by atomic mass is 35.5. The van der Waals surface area contributed by atoms with Gasteiger partial charge in [0.05, 0.1) is 10.7 Å². The summed E-state index contributed by atoms with van der Waals surface area (Å²) in [5, 5.41) is 5.85. The van der Waals surface area contributed by atoms with E-state index in [1.54, 1.807) is 48.5 Å². The summed E-state index contributed by atoms with van der Waals surface area (Å²) < 4.78 is 0. The minimum absolute atomic E-state index is 0.250. The van der Waals surface area contributed by atoms with Crippen molar-refractivity contribution in [1.82, 2.24) is 0 Å². The lowest BCUT2D eigenvalue weighted by molar-refractivity contribution is -0.111. The van der Waals surface area contributed by atoms with Crippen LogP contribution in [0.25, 0.3) is 6.08 Å². The second-order valence-corrected chi connectivity index (χ2v) is 6.66. The number of amides is 2. The predicted octanol–water partition coefficient (Wildman–Crippen LogP) is 5.55. The summed E-state index contributed by atoms with van der Waals surface area (Å²) in [6, 6.07) is 21.7. The molecule has 0 saturated carbocycles. The Hall–Kier alpha value is -3.37. The molecule has 3 aromatic carbocycles. The standard InChI is InChI=1S/C23H19ClN2O2/c1-16-7-9-17(10-8-16)11-14-22(27)25-19-12-13-21(20(24)15-19)26-23(28)18-5-3-2-4-6-18/h2-15H,1H3,(H,25,27)(H,26,28)/b14-11+. The summed E-state index contributed by atoms with van der Waals surface area (Å²) in [6.45, 7) is 2.01. The number of nitrogens with one attached hydrogen (secondary N) is 2. The van der Waals surface area contributed by atoms with E-state index >= 15 is 0 Å². The monoisotopic (exact) mass is 390 g/mol. The smallest absolute Gasteiger partial charge is 0.255 e. The van der Waals surface area contributed by atoms with Crippen LogP contribution in [0.3, 0.4) is 0 Å². The summed E-state index contributed by atoms with van der Waals surface area (Å²) >= 11 is 6.25. The third kappa shape index (κ3) is 5.32. The van der Waals surface area contributed by atoms with Gasteiger partial charge < -0.3 is 10.6 Å². The Bertz CT molecular complexity index is 1010. The molecule has 0 aromatic heterocycles. The van der Waals surface area contributed by atoms with Gasteiger partial charge in [-0.3, -0.25) is 9.59 Å². The maximum atomic E-state index is 12.2. The van der Waals surface area contributed by atoms with Crippen molar-refractivity contribution >= 4 is 40.9 Å². The van der Waals surface area contributed by atoms with E-state index in [4.69, 9.17) is 11.6 Å². The van der Waals surface area contributed by atoms with Crippen LogP contribution < -0.4 is 10.6 Å². The Kier molecular flexibility index (Phi) is 6.25. The van der Waals surface area contributed by atoms with Gasteiger partial charge in [0.2, 0.25) is 5.91 Å². The van der Waals surface area contributed by atoms with Gasteiger partial charge in [-0.15, -0.1) is 0 Å². The van der Waals surface area contributed by atoms with E-state index in [1.807, 2.05) is 37.3 Å².